The highest BCUT2D eigenvalue weighted by molar-refractivity contribution is 6.08. The molecule has 38 heavy (non-hydrogen) atoms. The lowest BCUT2D eigenvalue weighted by Crippen LogP contribution is -2.36. The van der Waals surface area contributed by atoms with Crippen molar-refractivity contribution in [3.8, 4) is 11.4 Å². The van der Waals surface area contributed by atoms with Crippen LogP contribution in [0.5, 0.6) is 0 Å². The summed E-state index contributed by atoms with van der Waals surface area (Å²) in [4.78, 5) is 40.3. The minimum Gasteiger partial charge on any atom is -0.355 e. The quantitative estimate of drug-likeness (QED) is 0.402. The van der Waals surface area contributed by atoms with Crippen LogP contribution >= 0.6 is 0 Å². The summed E-state index contributed by atoms with van der Waals surface area (Å²) in [5, 5.41) is 6.09. The molecule has 3 aromatic rings. The number of nitrogens with one attached hydrogen (secondary N) is 2. The Bertz CT molecular complexity index is 1220. The normalized spacial score (nSPS) is 13.8. The third-order valence-electron chi connectivity index (χ3n) is 6.86. The Morgan fingerprint density at radius 2 is 1.61 bits per heavy atom. The molecule has 2 aromatic carbocycles. The number of likely N-dealkylation sites (N-methyl/N-ethyl adjacent to an activating group) is 2. The van der Waals surface area contributed by atoms with Crippen LogP contribution in [0.4, 0.5) is 11.5 Å². The summed E-state index contributed by atoms with van der Waals surface area (Å²) < 4.78 is 0. The van der Waals surface area contributed by atoms with Crippen LogP contribution in [-0.2, 0) is 0 Å². The van der Waals surface area contributed by atoms with E-state index in [4.69, 9.17) is 4.98 Å². The SMILES string of the molecule is CCN(CCN(C)C)c1cc(C(=O)Nc2ccccc2C(=O)NC2CCCCC2)nc(-c2ccccc2)n1. The maximum Gasteiger partial charge on any atom is 0.274 e. The van der Waals surface area contributed by atoms with Crippen LogP contribution in [0.3, 0.4) is 0 Å². The number of hydrogen-bond donors (Lipinski definition) is 2. The van der Waals surface area contributed by atoms with Gasteiger partial charge in [-0.3, -0.25) is 9.59 Å². The number of carbonyl (C=O) groups is 2. The fraction of sp³-hybridized carbons (Fsp3) is 0.400. The van der Waals surface area contributed by atoms with Crippen molar-refractivity contribution in [1.82, 2.24) is 20.2 Å². The monoisotopic (exact) mass is 514 g/mol. The van der Waals surface area contributed by atoms with Gasteiger partial charge in [-0.05, 0) is 46.0 Å². The van der Waals surface area contributed by atoms with Gasteiger partial charge in [0.1, 0.15) is 11.5 Å². The summed E-state index contributed by atoms with van der Waals surface area (Å²) in [7, 11) is 4.06. The molecule has 0 atom stereocenters. The zero-order valence-electron chi connectivity index (χ0n) is 22.6. The Balaban J connectivity index is 1.61. The lowest BCUT2D eigenvalue weighted by molar-refractivity contribution is 0.0928. The largest absolute Gasteiger partial charge is 0.355 e. The molecule has 0 saturated heterocycles. The number of rotatable bonds is 10. The van der Waals surface area contributed by atoms with E-state index in [0.29, 0.717) is 22.9 Å². The van der Waals surface area contributed by atoms with Crippen molar-refractivity contribution in [1.29, 1.82) is 0 Å². The van der Waals surface area contributed by atoms with E-state index in [9.17, 15) is 9.59 Å². The minimum atomic E-state index is -0.382. The first-order valence-corrected chi connectivity index (χ1v) is 13.5. The minimum absolute atomic E-state index is 0.165. The molecule has 200 valence electrons. The van der Waals surface area contributed by atoms with Gasteiger partial charge in [0.05, 0.1) is 11.3 Å². The Morgan fingerprint density at radius 1 is 0.895 bits per heavy atom. The van der Waals surface area contributed by atoms with Gasteiger partial charge in [0.15, 0.2) is 5.82 Å². The molecule has 0 aliphatic heterocycles. The standard InChI is InChI=1S/C30H38N6O2/c1-4-36(20-19-35(2)3)27-21-26(32-28(34-27)22-13-7-5-8-14-22)30(38)33-25-18-12-11-17-24(25)29(37)31-23-15-9-6-10-16-23/h5,7-8,11-14,17-18,21,23H,4,6,9-10,15-16,19-20H2,1-3H3,(H,31,37)(H,33,38). The molecule has 8 heteroatoms. The molecule has 1 aliphatic rings. The van der Waals surface area contributed by atoms with Gasteiger partial charge in [-0.15, -0.1) is 0 Å². The Kier molecular flexibility index (Phi) is 9.43. The van der Waals surface area contributed by atoms with Gasteiger partial charge in [-0.2, -0.15) is 0 Å². The van der Waals surface area contributed by atoms with E-state index in [0.717, 1.165) is 50.9 Å². The Hall–Kier alpha value is -3.78. The molecule has 2 N–H and O–H groups in total. The molecule has 4 rings (SSSR count). The molecule has 0 bridgehead atoms. The van der Waals surface area contributed by atoms with Crippen molar-refractivity contribution in [3.63, 3.8) is 0 Å². The van der Waals surface area contributed by atoms with Crippen molar-refractivity contribution in [2.75, 3.05) is 43.9 Å². The van der Waals surface area contributed by atoms with Gasteiger partial charge in [0.25, 0.3) is 11.8 Å². The average Bonchev–Trinajstić information content (AvgIpc) is 2.94. The van der Waals surface area contributed by atoms with Crippen LogP contribution in [-0.4, -0.2) is 66.5 Å². The van der Waals surface area contributed by atoms with Gasteiger partial charge >= 0.3 is 0 Å². The highest BCUT2D eigenvalue weighted by Crippen LogP contribution is 2.23. The molecule has 0 unspecified atom stereocenters. The maximum absolute atomic E-state index is 13.5. The second-order valence-corrected chi connectivity index (χ2v) is 9.99. The number of amides is 2. The van der Waals surface area contributed by atoms with Crippen LogP contribution in [0.15, 0.2) is 60.7 Å². The zero-order chi connectivity index (χ0) is 26.9. The van der Waals surface area contributed by atoms with Gasteiger partial charge < -0.3 is 20.4 Å². The molecule has 0 radical (unpaired) electrons. The molecular weight excluding hydrogens is 476 g/mol. The van der Waals surface area contributed by atoms with E-state index in [1.54, 1.807) is 18.2 Å². The summed E-state index contributed by atoms with van der Waals surface area (Å²) in [6.07, 6.45) is 5.47. The van der Waals surface area contributed by atoms with Crippen molar-refractivity contribution in [3.05, 3.63) is 71.9 Å². The van der Waals surface area contributed by atoms with E-state index in [2.05, 4.69) is 32.3 Å². The molecule has 2 amide bonds. The molecule has 1 aliphatic carbocycles. The molecule has 1 heterocycles. The first-order chi connectivity index (χ1) is 18.4. The van der Waals surface area contributed by atoms with Gasteiger partial charge in [-0.25, -0.2) is 9.97 Å². The average molecular weight is 515 g/mol. The zero-order valence-corrected chi connectivity index (χ0v) is 22.6. The fourth-order valence-electron chi connectivity index (χ4n) is 4.67. The van der Waals surface area contributed by atoms with Crippen molar-refractivity contribution in [2.24, 2.45) is 0 Å². The third-order valence-corrected chi connectivity index (χ3v) is 6.86. The fourth-order valence-corrected chi connectivity index (χ4v) is 4.67. The van der Waals surface area contributed by atoms with E-state index >= 15 is 0 Å². The van der Waals surface area contributed by atoms with E-state index < -0.39 is 0 Å². The maximum atomic E-state index is 13.5. The van der Waals surface area contributed by atoms with E-state index in [1.807, 2.05) is 56.6 Å². The molecule has 1 fully saturated rings. The second-order valence-electron chi connectivity index (χ2n) is 9.99. The van der Waals surface area contributed by atoms with Crippen molar-refractivity contribution in [2.45, 2.75) is 45.1 Å². The summed E-state index contributed by atoms with van der Waals surface area (Å²) in [5.41, 5.74) is 2.00. The number of hydrogen-bond acceptors (Lipinski definition) is 6. The predicted molar refractivity (Wildman–Crippen MR) is 153 cm³/mol. The smallest absolute Gasteiger partial charge is 0.274 e. The first kappa shape index (κ1) is 27.3. The summed E-state index contributed by atoms with van der Waals surface area (Å²) in [6.45, 7) is 4.43. The Labute approximate surface area is 225 Å². The lowest BCUT2D eigenvalue weighted by Gasteiger charge is -2.24. The molecular formula is C30H38N6O2. The highest BCUT2D eigenvalue weighted by Gasteiger charge is 2.21. The number of benzene rings is 2. The van der Waals surface area contributed by atoms with Gasteiger partial charge in [0.2, 0.25) is 0 Å². The van der Waals surface area contributed by atoms with Gasteiger partial charge in [0, 0.05) is 37.3 Å². The first-order valence-electron chi connectivity index (χ1n) is 13.5. The summed E-state index contributed by atoms with van der Waals surface area (Å²) >= 11 is 0. The topological polar surface area (TPSA) is 90.5 Å². The number of aromatic nitrogens is 2. The summed E-state index contributed by atoms with van der Waals surface area (Å²) in [6, 6.07) is 18.7. The van der Waals surface area contributed by atoms with Gasteiger partial charge in [-0.1, -0.05) is 61.7 Å². The highest BCUT2D eigenvalue weighted by atomic mass is 16.2. The van der Waals surface area contributed by atoms with E-state index in [1.165, 1.54) is 6.42 Å². The van der Waals surface area contributed by atoms with Crippen LogP contribution in [0.2, 0.25) is 0 Å². The number of para-hydroxylation sites is 1. The molecule has 0 spiro atoms. The van der Waals surface area contributed by atoms with Crippen LogP contribution in [0, 0.1) is 0 Å². The van der Waals surface area contributed by atoms with Crippen molar-refractivity contribution < 1.29 is 9.59 Å². The van der Waals surface area contributed by atoms with Crippen LogP contribution < -0.4 is 15.5 Å². The van der Waals surface area contributed by atoms with Crippen LogP contribution in [0.1, 0.15) is 59.9 Å². The Morgan fingerprint density at radius 3 is 2.32 bits per heavy atom. The third kappa shape index (κ3) is 7.16. The molecule has 1 aromatic heterocycles. The number of nitrogens with zero attached hydrogens (tertiary/aromatic N) is 4. The molecule has 8 nitrogen and oxygen atoms in total. The number of anilines is 2. The number of carbonyl (C=O) groups excluding carboxylic acids is 2. The van der Waals surface area contributed by atoms with Crippen molar-refractivity contribution >= 4 is 23.3 Å². The lowest BCUT2D eigenvalue weighted by atomic mass is 9.95. The van der Waals surface area contributed by atoms with Crippen LogP contribution in [0.25, 0.3) is 11.4 Å². The molecule has 1 saturated carbocycles. The second kappa shape index (κ2) is 13.1. The summed E-state index contributed by atoms with van der Waals surface area (Å²) in [5.74, 6) is 0.631. The predicted octanol–water partition coefficient (Wildman–Crippen LogP) is 4.85. The van der Waals surface area contributed by atoms with E-state index in [-0.39, 0.29) is 23.6 Å².